The third-order valence-corrected chi connectivity index (χ3v) is 2.22. The average Bonchev–Trinajstić information content (AvgIpc) is 2.78. The maximum atomic E-state index is 10.9. The number of benzene rings is 1. The highest BCUT2D eigenvalue weighted by molar-refractivity contribution is 6.31. The van der Waals surface area contributed by atoms with Gasteiger partial charge in [0.1, 0.15) is 0 Å². The molecule has 1 aromatic carbocycles. The van der Waals surface area contributed by atoms with Gasteiger partial charge < -0.3 is 5.11 Å². The fraction of sp³-hybridized carbons (Fsp3) is 0. The summed E-state index contributed by atoms with van der Waals surface area (Å²) in [5.74, 6) is -1.20. The Kier molecular flexibility index (Phi) is 2.28. The Labute approximate surface area is 93.4 Å². The molecule has 0 bridgehead atoms. The zero-order valence-electron chi connectivity index (χ0n) is 7.73. The van der Waals surface area contributed by atoms with Crippen LogP contribution in [0.5, 0.6) is 0 Å². The van der Waals surface area contributed by atoms with Crippen LogP contribution in [0.4, 0.5) is 5.69 Å². The van der Waals surface area contributed by atoms with Crippen molar-refractivity contribution < 1.29 is 9.90 Å². The predicted molar refractivity (Wildman–Crippen MR) is 56.8 cm³/mol. The maximum absolute atomic E-state index is 10.9. The monoisotopic (exact) mass is 240 g/mol. The summed E-state index contributed by atoms with van der Waals surface area (Å²) in [4.78, 5) is 32.3. The molecule has 82 valence electrons. The normalized spacial score (nSPS) is 10.6. The van der Waals surface area contributed by atoms with Crippen molar-refractivity contribution in [3.8, 4) is 0 Å². The summed E-state index contributed by atoms with van der Waals surface area (Å²) in [6.45, 7) is 0. The lowest BCUT2D eigenvalue weighted by Crippen LogP contribution is -2.11. The van der Waals surface area contributed by atoms with Gasteiger partial charge in [0.05, 0.1) is 11.3 Å². The second kappa shape index (κ2) is 3.49. The standard InChI is InChI=1S/C9H5ClN2O4/c10-4-1-2-6(5(3-4)9(15)16)11-12-7(13)8(12)14/h1-3,11H,(H,15,16). The molecule has 0 aliphatic carbocycles. The Hall–Kier alpha value is -2.08. The molecule has 2 N–H and O–H groups in total. The third-order valence-electron chi connectivity index (χ3n) is 1.98. The number of rotatable bonds is 3. The molecule has 0 saturated carbocycles. The first-order valence-electron chi connectivity index (χ1n) is 4.18. The molecule has 0 radical (unpaired) electrons. The Balaban J connectivity index is 2.41. The average molecular weight is 241 g/mol. The Morgan fingerprint density at radius 3 is 2.44 bits per heavy atom. The fourth-order valence-corrected chi connectivity index (χ4v) is 1.32. The van der Waals surface area contributed by atoms with Crippen LogP contribution in [-0.2, 0) is 0 Å². The number of nitrogens with one attached hydrogen (secondary N) is 1. The number of hydrogen-bond acceptors (Lipinski definition) is 4. The van der Waals surface area contributed by atoms with Gasteiger partial charge in [0.15, 0.2) is 0 Å². The van der Waals surface area contributed by atoms with E-state index >= 15 is 0 Å². The van der Waals surface area contributed by atoms with Crippen molar-refractivity contribution in [2.45, 2.75) is 0 Å². The summed E-state index contributed by atoms with van der Waals surface area (Å²) in [7, 11) is 0. The molecular formula is C9H5ClN2O4. The van der Waals surface area contributed by atoms with E-state index in [0.717, 1.165) is 4.68 Å². The molecule has 0 aliphatic rings. The highest BCUT2D eigenvalue weighted by atomic mass is 35.5. The molecule has 1 heterocycles. The van der Waals surface area contributed by atoms with Crippen LogP contribution in [0.15, 0.2) is 27.8 Å². The van der Waals surface area contributed by atoms with E-state index in [0.29, 0.717) is 0 Å². The van der Waals surface area contributed by atoms with Crippen LogP contribution in [0, 0.1) is 0 Å². The number of aromatic carboxylic acids is 1. The summed E-state index contributed by atoms with van der Waals surface area (Å²) in [6, 6.07) is 4.06. The predicted octanol–water partition coefficient (Wildman–Crippen LogP) is 0.311. The van der Waals surface area contributed by atoms with Gasteiger partial charge in [-0.3, -0.25) is 15.0 Å². The van der Waals surface area contributed by atoms with E-state index in [9.17, 15) is 14.4 Å². The van der Waals surface area contributed by atoms with E-state index in [1.54, 1.807) is 0 Å². The lowest BCUT2D eigenvalue weighted by molar-refractivity contribution is 0.0698. The minimum atomic E-state index is -1.20. The van der Waals surface area contributed by atoms with Crippen LogP contribution in [0.25, 0.3) is 0 Å². The van der Waals surface area contributed by atoms with Gasteiger partial charge in [-0.1, -0.05) is 11.6 Å². The summed E-state index contributed by atoms with van der Waals surface area (Å²) in [6.07, 6.45) is 0. The first kappa shape index (κ1) is 10.4. The topological polar surface area (TPSA) is 88.4 Å². The van der Waals surface area contributed by atoms with Crippen molar-refractivity contribution in [1.82, 2.24) is 4.68 Å². The molecule has 2 rings (SSSR count). The second-order valence-electron chi connectivity index (χ2n) is 3.05. The van der Waals surface area contributed by atoms with E-state index in [1.807, 2.05) is 0 Å². The highest BCUT2D eigenvalue weighted by Gasteiger charge is 2.19. The zero-order chi connectivity index (χ0) is 11.9. The lowest BCUT2D eigenvalue weighted by atomic mass is 10.2. The van der Waals surface area contributed by atoms with Gasteiger partial charge in [-0.05, 0) is 18.2 Å². The van der Waals surface area contributed by atoms with Crippen LogP contribution in [0.1, 0.15) is 10.4 Å². The van der Waals surface area contributed by atoms with Gasteiger partial charge in [0.25, 0.3) is 0 Å². The maximum Gasteiger partial charge on any atom is 0.340 e. The van der Waals surface area contributed by atoms with Gasteiger partial charge in [-0.25, -0.2) is 4.79 Å². The Bertz CT molecular complexity index is 614. The van der Waals surface area contributed by atoms with Gasteiger partial charge >= 0.3 is 17.1 Å². The van der Waals surface area contributed by atoms with Crippen molar-refractivity contribution in [2.75, 3.05) is 5.43 Å². The molecule has 7 heteroatoms. The summed E-state index contributed by atoms with van der Waals surface area (Å²) >= 11 is 5.63. The third kappa shape index (κ3) is 1.70. The first-order valence-corrected chi connectivity index (χ1v) is 4.56. The van der Waals surface area contributed by atoms with Crippen molar-refractivity contribution in [1.29, 1.82) is 0 Å². The molecule has 0 unspecified atom stereocenters. The zero-order valence-corrected chi connectivity index (χ0v) is 8.49. The van der Waals surface area contributed by atoms with E-state index in [-0.39, 0.29) is 16.3 Å². The SMILES string of the molecule is O=C(O)c1cc(Cl)ccc1Nn1c(=O)c1=O. The highest BCUT2D eigenvalue weighted by Crippen LogP contribution is 2.20. The smallest absolute Gasteiger partial charge is 0.340 e. The molecular weight excluding hydrogens is 236 g/mol. The first-order chi connectivity index (χ1) is 7.50. The molecule has 16 heavy (non-hydrogen) atoms. The van der Waals surface area contributed by atoms with Crippen LogP contribution in [0.2, 0.25) is 5.02 Å². The molecule has 0 spiro atoms. The molecule has 0 atom stereocenters. The molecule has 0 fully saturated rings. The van der Waals surface area contributed by atoms with Gasteiger partial charge in [-0.15, -0.1) is 0 Å². The Morgan fingerprint density at radius 2 is 1.94 bits per heavy atom. The van der Waals surface area contributed by atoms with Crippen LogP contribution in [0.3, 0.4) is 0 Å². The number of hydrogen-bond donors (Lipinski definition) is 2. The molecule has 1 aromatic heterocycles. The number of carbonyl (C=O) groups is 1. The number of nitrogens with zero attached hydrogens (tertiary/aromatic N) is 1. The lowest BCUT2D eigenvalue weighted by Gasteiger charge is -2.05. The molecule has 0 aliphatic heterocycles. The Morgan fingerprint density at radius 1 is 1.31 bits per heavy atom. The van der Waals surface area contributed by atoms with Gasteiger partial charge in [0.2, 0.25) is 0 Å². The minimum absolute atomic E-state index is 0.111. The summed E-state index contributed by atoms with van der Waals surface area (Å²) in [5, 5.41) is 9.12. The number of halogens is 1. The molecule has 0 saturated heterocycles. The number of aromatic nitrogens is 1. The largest absolute Gasteiger partial charge is 0.478 e. The van der Waals surface area contributed by atoms with E-state index in [2.05, 4.69) is 5.43 Å². The minimum Gasteiger partial charge on any atom is -0.478 e. The van der Waals surface area contributed by atoms with E-state index < -0.39 is 17.1 Å². The summed E-state index contributed by atoms with van der Waals surface area (Å²) < 4.78 is 0.718. The van der Waals surface area contributed by atoms with Crippen molar-refractivity contribution in [2.24, 2.45) is 0 Å². The van der Waals surface area contributed by atoms with E-state index in [4.69, 9.17) is 16.7 Å². The van der Waals surface area contributed by atoms with Crippen molar-refractivity contribution >= 4 is 23.3 Å². The van der Waals surface area contributed by atoms with Gasteiger partial charge in [-0.2, -0.15) is 4.68 Å². The molecule has 6 nitrogen and oxygen atoms in total. The van der Waals surface area contributed by atoms with Crippen molar-refractivity contribution in [3.63, 3.8) is 0 Å². The fourth-order valence-electron chi connectivity index (χ4n) is 1.15. The quantitative estimate of drug-likeness (QED) is 0.754. The number of carboxylic acid groups (broad SMARTS) is 1. The van der Waals surface area contributed by atoms with Crippen LogP contribution >= 0.6 is 11.6 Å². The van der Waals surface area contributed by atoms with Crippen LogP contribution in [-0.4, -0.2) is 15.8 Å². The van der Waals surface area contributed by atoms with E-state index in [1.165, 1.54) is 18.2 Å². The second-order valence-corrected chi connectivity index (χ2v) is 3.49. The van der Waals surface area contributed by atoms with Crippen molar-refractivity contribution in [3.05, 3.63) is 49.5 Å². The number of carboxylic acids is 1. The van der Waals surface area contributed by atoms with Gasteiger partial charge in [0, 0.05) is 5.02 Å². The molecule has 0 amide bonds. The molecule has 2 aromatic rings. The summed E-state index contributed by atoms with van der Waals surface area (Å²) in [5.41, 5.74) is 1.01. The van der Waals surface area contributed by atoms with Crippen LogP contribution < -0.4 is 16.5 Å². The number of anilines is 1.